The van der Waals surface area contributed by atoms with Crippen LogP contribution in [0, 0.1) is 10.8 Å². The van der Waals surface area contributed by atoms with Crippen LogP contribution in [0.2, 0.25) is 0 Å². The van der Waals surface area contributed by atoms with Gasteiger partial charge in [0.2, 0.25) is 0 Å². The van der Waals surface area contributed by atoms with Crippen molar-refractivity contribution in [1.29, 1.82) is 0 Å². The summed E-state index contributed by atoms with van der Waals surface area (Å²) in [5.74, 6) is -0.646. The van der Waals surface area contributed by atoms with E-state index in [0.717, 1.165) is 22.3 Å². The van der Waals surface area contributed by atoms with Crippen LogP contribution in [0.25, 0.3) is 0 Å². The van der Waals surface area contributed by atoms with Gasteiger partial charge < -0.3 is 9.47 Å². The summed E-state index contributed by atoms with van der Waals surface area (Å²) in [4.78, 5) is 25.6. The summed E-state index contributed by atoms with van der Waals surface area (Å²) in [5.41, 5.74) is 1.72. The molecule has 0 aromatic rings. The highest BCUT2D eigenvalue weighted by Crippen LogP contribution is 2.49. The molecule has 3 aliphatic rings. The maximum Gasteiger partial charge on any atom is 0.320 e. The summed E-state index contributed by atoms with van der Waals surface area (Å²) in [5, 5.41) is 0. The third kappa shape index (κ3) is 2.29. The lowest BCUT2D eigenvalue weighted by atomic mass is 9.64. The number of rotatable bonds is 0. The molecular formula is C20H22O4. The molecule has 0 amide bonds. The summed E-state index contributed by atoms with van der Waals surface area (Å²) in [7, 11) is 0. The van der Waals surface area contributed by atoms with Crippen molar-refractivity contribution in [3.05, 3.63) is 58.7 Å². The van der Waals surface area contributed by atoms with Crippen molar-refractivity contribution in [1.82, 2.24) is 0 Å². The second-order valence-electron chi connectivity index (χ2n) is 6.84. The lowest BCUT2D eigenvalue weighted by Gasteiger charge is -2.39. The highest BCUT2D eigenvalue weighted by molar-refractivity contribution is 5.90. The van der Waals surface area contributed by atoms with Gasteiger partial charge in [-0.1, -0.05) is 36.5 Å². The summed E-state index contributed by atoms with van der Waals surface area (Å²) < 4.78 is 10.7. The largest absolute Gasteiger partial charge is 0.461 e. The van der Waals surface area contributed by atoms with Gasteiger partial charge in [-0.3, -0.25) is 9.59 Å². The van der Waals surface area contributed by atoms with E-state index in [2.05, 4.69) is 0 Å². The van der Waals surface area contributed by atoms with Crippen LogP contribution in [0.5, 0.6) is 0 Å². The van der Waals surface area contributed by atoms with Gasteiger partial charge in [0.05, 0.1) is 0 Å². The van der Waals surface area contributed by atoms with E-state index in [9.17, 15) is 9.59 Å². The average Bonchev–Trinajstić information content (AvgIpc) is 2.52. The van der Waals surface area contributed by atoms with Crippen molar-refractivity contribution in [3.63, 3.8) is 0 Å². The van der Waals surface area contributed by atoms with Gasteiger partial charge in [0.1, 0.15) is 24.0 Å². The maximum atomic E-state index is 12.8. The SMILES string of the molecule is CC1=CC=CC2(C)C(=O)OCCOC(=O)C3(C)C=CC=C(C)/C3=C\12. The van der Waals surface area contributed by atoms with Gasteiger partial charge in [-0.25, -0.2) is 0 Å². The molecule has 2 atom stereocenters. The van der Waals surface area contributed by atoms with Crippen LogP contribution in [0.1, 0.15) is 27.7 Å². The molecule has 4 heteroatoms. The molecule has 1 heterocycles. The van der Waals surface area contributed by atoms with E-state index < -0.39 is 10.8 Å². The number of allylic oxidation sites excluding steroid dienone is 6. The molecule has 0 saturated heterocycles. The molecule has 0 fully saturated rings. The number of carbonyl (C=O) groups is 2. The van der Waals surface area contributed by atoms with Gasteiger partial charge in [-0.15, -0.1) is 0 Å². The van der Waals surface area contributed by atoms with Crippen molar-refractivity contribution in [2.75, 3.05) is 13.2 Å². The Labute approximate surface area is 142 Å². The molecule has 1 aliphatic heterocycles. The number of carbonyl (C=O) groups excluding carboxylic acids is 2. The Bertz CT molecular complexity index is 699. The molecule has 2 aliphatic carbocycles. The minimum atomic E-state index is -0.923. The van der Waals surface area contributed by atoms with Crippen LogP contribution in [0.4, 0.5) is 0 Å². The summed E-state index contributed by atoms with van der Waals surface area (Å²) in [6.45, 7) is 7.75. The first-order valence-electron chi connectivity index (χ1n) is 8.13. The molecule has 126 valence electrons. The molecule has 3 rings (SSSR count). The molecular weight excluding hydrogens is 304 g/mol. The van der Waals surface area contributed by atoms with Crippen LogP contribution in [0.3, 0.4) is 0 Å². The fourth-order valence-corrected chi connectivity index (χ4v) is 3.74. The Kier molecular flexibility index (Phi) is 3.86. The molecule has 4 nitrogen and oxygen atoms in total. The first kappa shape index (κ1) is 16.5. The number of cyclic esters (lactones) is 2. The molecule has 0 spiro atoms. The molecule has 0 N–H and O–H groups in total. The Morgan fingerprint density at radius 3 is 1.54 bits per heavy atom. The van der Waals surface area contributed by atoms with Gasteiger partial charge in [0.25, 0.3) is 0 Å². The maximum absolute atomic E-state index is 12.8. The van der Waals surface area contributed by atoms with Crippen molar-refractivity contribution >= 4 is 11.9 Å². The summed E-state index contributed by atoms with van der Waals surface area (Å²) >= 11 is 0. The van der Waals surface area contributed by atoms with E-state index in [0.29, 0.717) is 0 Å². The summed E-state index contributed by atoms with van der Waals surface area (Å²) in [6, 6.07) is 0. The predicted octanol–water partition coefficient (Wildman–Crippen LogP) is 3.43. The second-order valence-corrected chi connectivity index (χ2v) is 6.84. The molecule has 0 saturated carbocycles. The third-order valence-corrected chi connectivity index (χ3v) is 5.03. The Morgan fingerprint density at radius 2 is 1.17 bits per heavy atom. The summed E-state index contributed by atoms with van der Waals surface area (Å²) in [6.07, 6.45) is 11.4. The van der Waals surface area contributed by atoms with Crippen molar-refractivity contribution in [3.8, 4) is 0 Å². The first-order chi connectivity index (χ1) is 11.3. The average molecular weight is 326 g/mol. The fraction of sp³-hybridized carbons (Fsp3) is 0.400. The predicted molar refractivity (Wildman–Crippen MR) is 91.0 cm³/mol. The van der Waals surface area contributed by atoms with Crippen LogP contribution in [-0.4, -0.2) is 25.2 Å². The van der Waals surface area contributed by atoms with Gasteiger partial charge >= 0.3 is 11.9 Å². The lowest BCUT2D eigenvalue weighted by molar-refractivity contribution is -0.160. The highest BCUT2D eigenvalue weighted by Gasteiger charge is 2.47. The topological polar surface area (TPSA) is 52.6 Å². The van der Waals surface area contributed by atoms with Crippen LogP contribution >= 0.6 is 0 Å². The van der Waals surface area contributed by atoms with E-state index in [4.69, 9.17) is 9.47 Å². The number of fused-ring (bicyclic) bond motifs is 2. The first-order valence-corrected chi connectivity index (χ1v) is 8.13. The highest BCUT2D eigenvalue weighted by atomic mass is 16.6. The van der Waals surface area contributed by atoms with Crippen molar-refractivity contribution in [2.24, 2.45) is 10.8 Å². The standard InChI is InChI=1S/C20H22O4/c1-13-7-5-9-19(3)15(13)16-14(2)8-6-10-20(16,4)18(22)24-12-11-23-17(19)21/h5-10H,11-12H2,1-4H3/b16-15-. The van der Waals surface area contributed by atoms with Crippen LogP contribution in [0.15, 0.2) is 58.7 Å². The minimum Gasteiger partial charge on any atom is -0.461 e. The van der Waals surface area contributed by atoms with Gasteiger partial charge in [-0.2, -0.15) is 0 Å². The quantitative estimate of drug-likeness (QED) is 0.640. The lowest BCUT2D eigenvalue weighted by Crippen LogP contribution is -2.40. The third-order valence-electron chi connectivity index (χ3n) is 5.03. The smallest absolute Gasteiger partial charge is 0.320 e. The molecule has 24 heavy (non-hydrogen) atoms. The van der Waals surface area contributed by atoms with Crippen molar-refractivity contribution < 1.29 is 19.1 Å². The van der Waals surface area contributed by atoms with E-state index in [1.807, 2.05) is 64.2 Å². The fourth-order valence-electron chi connectivity index (χ4n) is 3.74. The molecule has 2 unspecified atom stereocenters. The zero-order valence-electron chi connectivity index (χ0n) is 14.5. The molecule has 0 aromatic heterocycles. The monoisotopic (exact) mass is 326 g/mol. The Hall–Kier alpha value is -2.36. The zero-order valence-corrected chi connectivity index (χ0v) is 14.5. The normalized spacial score (nSPS) is 36.0. The molecule has 0 aromatic carbocycles. The zero-order chi connectivity index (χ0) is 17.5. The van der Waals surface area contributed by atoms with Crippen molar-refractivity contribution in [2.45, 2.75) is 27.7 Å². The van der Waals surface area contributed by atoms with Gasteiger partial charge in [0.15, 0.2) is 0 Å². The Morgan fingerprint density at radius 1 is 0.792 bits per heavy atom. The van der Waals surface area contributed by atoms with E-state index in [1.165, 1.54) is 0 Å². The van der Waals surface area contributed by atoms with Crippen LogP contribution in [-0.2, 0) is 19.1 Å². The van der Waals surface area contributed by atoms with E-state index >= 15 is 0 Å². The van der Waals surface area contributed by atoms with Gasteiger partial charge in [0, 0.05) is 0 Å². The van der Waals surface area contributed by atoms with Crippen LogP contribution < -0.4 is 0 Å². The minimum absolute atomic E-state index is 0.0635. The van der Waals surface area contributed by atoms with E-state index in [-0.39, 0.29) is 25.2 Å². The molecule has 0 radical (unpaired) electrons. The molecule has 0 bridgehead atoms. The number of hydrogen-bond acceptors (Lipinski definition) is 4. The second kappa shape index (κ2) is 5.62. The van der Waals surface area contributed by atoms with Gasteiger partial charge in [-0.05, 0) is 50.0 Å². The van der Waals surface area contributed by atoms with E-state index in [1.54, 1.807) is 0 Å². The Balaban J connectivity index is 2.37. The number of esters is 2. The number of ether oxygens (including phenoxy) is 2. The number of hydrogen-bond donors (Lipinski definition) is 0.